The summed E-state index contributed by atoms with van der Waals surface area (Å²) in [5.41, 5.74) is 2.44. The smallest absolute Gasteiger partial charge is 0.388 e. The van der Waals surface area contributed by atoms with Gasteiger partial charge in [0.1, 0.15) is 6.33 Å². The molecule has 5 aromatic rings. The van der Waals surface area contributed by atoms with Gasteiger partial charge in [-0.1, -0.05) is 42.8 Å². The SMILES string of the molecule is CCCc1c(Cc2ccc(-c3ccccc3-c3noc(=O)[nH]3)s2)c(=O)n(C2CCC(OCC(C)(C)O)CC2)c2ncnn12.[K]. The summed E-state index contributed by atoms with van der Waals surface area (Å²) < 4.78 is 14.4. The molecule has 1 aliphatic carbocycles. The Labute approximate surface area is 301 Å². The Bertz CT molecular complexity index is 1840. The van der Waals surface area contributed by atoms with Crippen LogP contribution in [0.5, 0.6) is 0 Å². The number of ether oxygens (including phenoxy) is 1. The Hall–Kier alpha value is -2.23. The second-order valence-corrected chi connectivity index (χ2v) is 13.0. The molecule has 0 atom stereocenters. The van der Waals surface area contributed by atoms with E-state index in [0.717, 1.165) is 64.2 Å². The summed E-state index contributed by atoms with van der Waals surface area (Å²) in [6, 6.07) is 11.8. The zero-order valence-electron chi connectivity index (χ0n) is 25.6. The first-order valence-corrected chi connectivity index (χ1v) is 15.6. The average molecular weight is 644 g/mol. The molecule has 6 rings (SSSR count). The number of aliphatic hydroxyl groups is 1. The van der Waals surface area contributed by atoms with E-state index >= 15 is 0 Å². The Morgan fingerprint density at radius 2 is 1.86 bits per heavy atom. The minimum absolute atomic E-state index is 0. The number of H-pyrrole nitrogens is 1. The van der Waals surface area contributed by atoms with E-state index in [9.17, 15) is 14.7 Å². The van der Waals surface area contributed by atoms with E-state index in [2.05, 4.69) is 33.2 Å². The van der Waals surface area contributed by atoms with Crippen LogP contribution in [-0.4, -0.2) is 104 Å². The fourth-order valence-corrected chi connectivity index (χ4v) is 6.97. The van der Waals surface area contributed by atoms with E-state index in [0.29, 0.717) is 24.4 Å². The first-order chi connectivity index (χ1) is 20.7. The fourth-order valence-electron chi connectivity index (χ4n) is 5.91. The number of nitrogens with one attached hydrogen (secondary N) is 1. The number of rotatable bonds is 10. The fraction of sp³-hybridized carbons (Fsp3) is 0.452. The van der Waals surface area contributed by atoms with Crippen LogP contribution in [0.4, 0.5) is 0 Å². The number of nitrogens with zero attached hydrogens (tertiary/aromatic N) is 5. The molecule has 1 saturated carbocycles. The molecule has 0 amide bonds. The summed E-state index contributed by atoms with van der Waals surface area (Å²) in [5, 5.41) is 18.5. The van der Waals surface area contributed by atoms with Gasteiger partial charge >= 0.3 is 5.76 Å². The second-order valence-electron chi connectivity index (χ2n) is 11.8. The van der Waals surface area contributed by atoms with Crippen LogP contribution in [0.1, 0.15) is 75.1 Å². The summed E-state index contributed by atoms with van der Waals surface area (Å²) >= 11 is 1.61. The van der Waals surface area contributed by atoms with Crippen molar-refractivity contribution in [3.05, 3.63) is 79.8 Å². The number of hydrogen-bond donors (Lipinski definition) is 2. The maximum absolute atomic E-state index is 14.3. The van der Waals surface area contributed by atoms with Gasteiger partial charge in [-0.2, -0.15) is 10.1 Å². The summed E-state index contributed by atoms with van der Waals surface area (Å²) in [6.07, 6.45) is 6.84. The maximum atomic E-state index is 14.3. The van der Waals surface area contributed by atoms with Crippen LogP contribution in [-0.2, 0) is 17.6 Å². The van der Waals surface area contributed by atoms with Crippen molar-refractivity contribution in [1.29, 1.82) is 0 Å². The summed E-state index contributed by atoms with van der Waals surface area (Å²) in [4.78, 5) is 35.1. The molecule has 0 saturated heterocycles. The second kappa shape index (κ2) is 14.0. The Morgan fingerprint density at radius 1 is 1.11 bits per heavy atom. The maximum Gasteiger partial charge on any atom is 0.439 e. The molecule has 4 heterocycles. The number of aromatic nitrogens is 6. The molecule has 1 aromatic carbocycles. The van der Waals surface area contributed by atoms with Crippen LogP contribution >= 0.6 is 11.3 Å². The number of hydrogen-bond acceptors (Lipinski definition) is 9. The molecule has 1 aliphatic rings. The summed E-state index contributed by atoms with van der Waals surface area (Å²) in [7, 11) is 0. The molecule has 44 heavy (non-hydrogen) atoms. The van der Waals surface area contributed by atoms with Gasteiger partial charge in [-0.25, -0.2) is 9.31 Å². The predicted octanol–water partition coefficient (Wildman–Crippen LogP) is 4.40. The van der Waals surface area contributed by atoms with Crippen molar-refractivity contribution in [3.63, 3.8) is 0 Å². The molecule has 0 unspecified atom stereocenters. The summed E-state index contributed by atoms with van der Waals surface area (Å²) in [5.74, 6) is 0.357. The van der Waals surface area contributed by atoms with Gasteiger partial charge in [-0.05, 0) is 58.1 Å². The van der Waals surface area contributed by atoms with Gasteiger partial charge in [0, 0.05) is 90.3 Å². The van der Waals surface area contributed by atoms with Gasteiger partial charge in [0.25, 0.3) is 5.56 Å². The topological polar surface area (TPSA) is 141 Å². The molecule has 1 fully saturated rings. The van der Waals surface area contributed by atoms with Gasteiger partial charge in [0.15, 0.2) is 5.82 Å². The monoisotopic (exact) mass is 643 g/mol. The van der Waals surface area contributed by atoms with Crippen molar-refractivity contribution >= 4 is 68.5 Å². The van der Waals surface area contributed by atoms with Crippen molar-refractivity contribution in [2.45, 2.75) is 83.5 Å². The Morgan fingerprint density at radius 3 is 2.55 bits per heavy atom. The molecule has 13 heteroatoms. The molecule has 0 bridgehead atoms. The van der Waals surface area contributed by atoms with Crippen LogP contribution in [0.25, 0.3) is 27.6 Å². The third-order valence-electron chi connectivity index (χ3n) is 7.89. The molecule has 11 nitrogen and oxygen atoms in total. The Kier molecular flexibility index (Phi) is 10.6. The average Bonchev–Trinajstić information content (AvgIpc) is 3.76. The van der Waals surface area contributed by atoms with E-state index in [-0.39, 0.29) is 75.7 Å². The molecule has 227 valence electrons. The van der Waals surface area contributed by atoms with Crippen LogP contribution in [0.2, 0.25) is 0 Å². The van der Waals surface area contributed by atoms with E-state index < -0.39 is 11.4 Å². The normalized spacial score (nSPS) is 17.2. The van der Waals surface area contributed by atoms with E-state index in [1.165, 1.54) is 6.33 Å². The number of aryl methyl sites for hydroxylation is 1. The van der Waals surface area contributed by atoms with E-state index in [1.807, 2.05) is 39.4 Å². The first kappa shape index (κ1) is 33.1. The number of benzene rings is 1. The predicted molar refractivity (Wildman–Crippen MR) is 169 cm³/mol. The van der Waals surface area contributed by atoms with Gasteiger partial charge < -0.3 is 9.84 Å². The molecule has 0 spiro atoms. The standard InChI is InChI=1S/C31H36N6O5S.K/c1-4-7-25-24(16-21-14-15-26(43-21)22-8-5-6-9-23(22)27-34-30(39)42-35-27)28(38)36(29-32-18-33-37(25)29)19-10-12-20(13-11-19)41-17-31(2,3)40;/h5-6,8-9,14-15,18-20,40H,4,7,10-13,16-17H2,1-3H3,(H,34,35,39);. The molecule has 4 aromatic heterocycles. The van der Waals surface area contributed by atoms with Crippen molar-refractivity contribution < 1.29 is 14.4 Å². The zero-order valence-corrected chi connectivity index (χ0v) is 29.5. The van der Waals surface area contributed by atoms with Crippen LogP contribution in [0.3, 0.4) is 0 Å². The van der Waals surface area contributed by atoms with Gasteiger partial charge in [0.2, 0.25) is 5.78 Å². The molecule has 2 N–H and O–H groups in total. The molecule has 0 aliphatic heterocycles. The number of aromatic amines is 1. The largest absolute Gasteiger partial charge is 0.439 e. The summed E-state index contributed by atoms with van der Waals surface area (Å²) in [6.45, 7) is 5.87. The minimum atomic E-state index is -0.871. The van der Waals surface area contributed by atoms with Gasteiger partial charge in [-0.15, -0.1) is 11.3 Å². The van der Waals surface area contributed by atoms with Crippen LogP contribution < -0.4 is 11.3 Å². The molecular weight excluding hydrogens is 608 g/mol. The van der Waals surface area contributed by atoms with Gasteiger partial charge in [0.05, 0.1) is 24.0 Å². The van der Waals surface area contributed by atoms with E-state index in [4.69, 9.17) is 9.26 Å². The van der Waals surface area contributed by atoms with Crippen molar-refractivity contribution in [3.8, 4) is 21.8 Å². The number of thiophene rings is 1. The van der Waals surface area contributed by atoms with Crippen LogP contribution in [0, 0.1) is 0 Å². The van der Waals surface area contributed by atoms with Gasteiger partial charge in [-0.3, -0.25) is 18.9 Å². The third-order valence-corrected chi connectivity index (χ3v) is 9.01. The molecular formula is C31H36KN6O5S. The Balaban J connectivity index is 0.00000384. The first-order valence-electron chi connectivity index (χ1n) is 14.8. The van der Waals surface area contributed by atoms with Crippen molar-refractivity contribution in [1.82, 2.24) is 29.3 Å². The third kappa shape index (κ3) is 7.10. The van der Waals surface area contributed by atoms with Crippen molar-refractivity contribution in [2.75, 3.05) is 6.61 Å². The zero-order chi connectivity index (χ0) is 30.1. The number of fused-ring (bicyclic) bond motifs is 1. The quantitative estimate of drug-likeness (QED) is 0.214. The minimum Gasteiger partial charge on any atom is -0.388 e. The van der Waals surface area contributed by atoms with E-state index in [1.54, 1.807) is 25.2 Å². The van der Waals surface area contributed by atoms with Crippen molar-refractivity contribution in [2.24, 2.45) is 0 Å². The molecule has 1 radical (unpaired) electrons. The van der Waals surface area contributed by atoms with Crippen LogP contribution in [0.15, 0.2) is 56.8 Å².